The number of piperazine rings is 1. The predicted molar refractivity (Wildman–Crippen MR) is 85.2 cm³/mol. The molecule has 2 aliphatic heterocycles. The lowest BCUT2D eigenvalue weighted by Gasteiger charge is -2.32. The van der Waals surface area contributed by atoms with Gasteiger partial charge in [0.05, 0.1) is 0 Å². The molecule has 2 fully saturated rings. The smallest absolute Gasteiger partial charge is 0.246 e. The summed E-state index contributed by atoms with van der Waals surface area (Å²) < 4.78 is 53.1. The van der Waals surface area contributed by atoms with Crippen molar-refractivity contribution in [3.63, 3.8) is 0 Å². The van der Waals surface area contributed by atoms with Crippen LogP contribution in [0.1, 0.15) is 6.42 Å². The highest BCUT2D eigenvalue weighted by atomic mass is 35.5. The van der Waals surface area contributed by atoms with Crippen LogP contribution in [0.4, 0.5) is 8.78 Å². The number of nitrogens with zero attached hydrogens (tertiary/aromatic N) is 2. The van der Waals surface area contributed by atoms with Gasteiger partial charge in [-0.1, -0.05) is 0 Å². The molecule has 1 aromatic carbocycles. The van der Waals surface area contributed by atoms with Gasteiger partial charge >= 0.3 is 0 Å². The molecule has 0 spiro atoms. The maximum atomic E-state index is 13.8. The van der Waals surface area contributed by atoms with Gasteiger partial charge in [-0.25, -0.2) is 17.2 Å². The Balaban J connectivity index is 0.00000192. The molecule has 2 heterocycles. The van der Waals surface area contributed by atoms with E-state index in [-0.39, 0.29) is 18.4 Å². The Morgan fingerprint density at radius 1 is 1.13 bits per heavy atom. The van der Waals surface area contributed by atoms with Gasteiger partial charge in [0.15, 0.2) is 0 Å². The van der Waals surface area contributed by atoms with Crippen LogP contribution in [0, 0.1) is 11.6 Å². The summed E-state index contributed by atoms with van der Waals surface area (Å²) in [4.78, 5) is 1.82. The maximum absolute atomic E-state index is 13.8. The summed E-state index contributed by atoms with van der Waals surface area (Å²) in [5, 5.41) is 3.26. The second kappa shape index (κ2) is 7.40. The Morgan fingerprint density at radius 3 is 2.48 bits per heavy atom. The molecular weight excluding hydrogens is 348 g/mol. The van der Waals surface area contributed by atoms with Crippen molar-refractivity contribution < 1.29 is 17.2 Å². The molecule has 23 heavy (non-hydrogen) atoms. The van der Waals surface area contributed by atoms with Gasteiger partial charge in [0.1, 0.15) is 16.5 Å². The van der Waals surface area contributed by atoms with E-state index in [2.05, 4.69) is 10.2 Å². The molecule has 0 saturated carbocycles. The Bertz CT molecular complexity index is 653. The zero-order valence-electron chi connectivity index (χ0n) is 12.5. The Labute approximate surface area is 141 Å². The summed E-state index contributed by atoms with van der Waals surface area (Å²) >= 11 is 0. The first-order chi connectivity index (χ1) is 10.5. The first kappa shape index (κ1) is 18.5. The Morgan fingerprint density at radius 2 is 1.83 bits per heavy atom. The normalized spacial score (nSPS) is 23.7. The second-order valence-corrected chi connectivity index (χ2v) is 7.57. The Kier molecular flexibility index (Phi) is 5.96. The highest BCUT2D eigenvalue weighted by Gasteiger charge is 2.36. The second-order valence-electron chi connectivity index (χ2n) is 5.67. The molecule has 0 aliphatic carbocycles. The van der Waals surface area contributed by atoms with Gasteiger partial charge in [-0.3, -0.25) is 4.90 Å². The van der Waals surface area contributed by atoms with Crippen molar-refractivity contribution in [3.05, 3.63) is 29.8 Å². The maximum Gasteiger partial charge on any atom is 0.246 e. The topological polar surface area (TPSA) is 52.7 Å². The van der Waals surface area contributed by atoms with Crippen LogP contribution in [0.3, 0.4) is 0 Å². The van der Waals surface area contributed by atoms with E-state index in [1.807, 2.05) is 0 Å². The third kappa shape index (κ3) is 3.83. The summed E-state index contributed by atoms with van der Waals surface area (Å²) in [6, 6.07) is 2.75. The Hall–Kier alpha value is -0.800. The van der Waals surface area contributed by atoms with Crippen molar-refractivity contribution in [3.8, 4) is 0 Å². The average Bonchev–Trinajstić information content (AvgIpc) is 2.98. The number of hydrogen-bond donors (Lipinski definition) is 1. The van der Waals surface area contributed by atoms with Crippen LogP contribution < -0.4 is 5.32 Å². The molecule has 0 amide bonds. The van der Waals surface area contributed by atoms with E-state index in [4.69, 9.17) is 0 Å². The average molecular weight is 368 g/mol. The third-order valence-electron chi connectivity index (χ3n) is 4.31. The summed E-state index contributed by atoms with van der Waals surface area (Å²) in [7, 11) is -3.91. The van der Waals surface area contributed by atoms with E-state index in [9.17, 15) is 17.2 Å². The van der Waals surface area contributed by atoms with Crippen LogP contribution >= 0.6 is 12.4 Å². The van der Waals surface area contributed by atoms with Crippen molar-refractivity contribution in [2.24, 2.45) is 0 Å². The van der Waals surface area contributed by atoms with Crippen molar-refractivity contribution in [2.75, 3.05) is 39.3 Å². The molecule has 0 bridgehead atoms. The largest absolute Gasteiger partial charge is 0.314 e. The zero-order valence-corrected chi connectivity index (χ0v) is 14.2. The number of rotatable bonds is 3. The highest BCUT2D eigenvalue weighted by Crippen LogP contribution is 2.25. The quantitative estimate of drug-likeness (QED) is 0.868. The molecule has 1 N–H and O–H groups in total. The molecular formula is C14H20ClF2N3O2S. The van der Waals surface area contributed by atoms with Crippen LogP contribution in [-0.2, 0) is 10.0 Å². The predicted octanol–water partition coefficient (Wildman–Crippen LogP) is 1.05. The minimum Gasteiger partial charge on any atom is -0.314 e. The van der Waals surface area contributed by atoms with Crippen LogP contribution in [0.2, 0.25) is 0 Å². The molecule has 1 atom stereocenters. The van der Waals surface area contributed by atoms with Crippen molar-refractivity contribution in [1.82, 2.24) is 14.5 Å². The standard InChI is InChI=1S/C14H19F2N3O2S.ClH/c15-11-1-2-14(13(16)9-11)22(20,21)19-6-3-12(10-19)18-7-4-17-5-8-18;/h1-2,9,12,17H,3-8,10H2;1H. The molecule has 0 radical (unpaired) electrons. The van der Waals surface area contributed by atoms with Crippen molar-refractivity contribution in [1.29, 1.82) is 0 Å². The van der Waals surface area contributed by atoms with Gasteiger partial charge in [-0.05, 0) is 18.6 Å². The highest BCUT2D eigenvalue weighted by molar-refractivity contribution is 7.89. The van der Waals surface area contributed by atoms with E-state index >= 15 is 0 Å². The van der Waals surface area contributed by atoms with E-state index in [1.54, 1.807) is 0 Å². The van der Waals surface area contributed by atoms with E-state index in [0.29, 0.717) is 19.2 Å². The van der Waals surface area contributed by atoms with E-state index < -0.39 is 26.6 Å². The molecule has 0 aromatic heterocycles. The summed E-state index contributed by atoms with van der Waals surface area (Å²) in [5.74, 6) is -1.82. The number of sulfonamides is 1. The van der Waals surface area contributed by atoms with Crippen molar-refractivity contribution in [2.45, 2.75) is 17.4 Å². The van der Waals surface area contributed by atoms with Crippen LogP contribution in [-0.4, -0.2) is 62.9 Å². The minimum atomic E-state index is -3.91. The van der Waals surface area contributed by atoms with E-state index in [1.165, 1.54) is 4.31 Å². The molecule has 3 rings (SSSR count). The van der Waals surface area contributed by atoms with Gasteiger partial charge in [-0.2, -0.15) is 4.31 Å². The lowest BCUT2D eigenvalue weighted by atomic mass is 10.2. The minimum absolute atomic E-state index is 0. The molecule has 1 unspecified atom stereocenters. The monoisotopic (exact) mass is 367 g/mol. The SMILES string of the molecule is Cl.O=S(=O)(c1ccc(F)cc1F)N1CCC(N2CCNCC2)C1. The molecule has 1 aromatic rings. The number of nitrogens with one attached hydrogen (secondary N) is 1. The van der Waals surface area contributed by atoms with E-state index in [0.717, 1.165) is 44.7 Å². The van der Waals surface area contributed by atoms with Gasteiger partial charge in [0.25, 0.3) is 0 Å². The fourth-order valence-electron chi connectivity index (χ4n) is 3.10. The molecule has 5 nitrogen and oxygen atoms in total. The molecule has 2 aliphatic rings. The third-order valence-corrected chi connectivity index (χ3v) is 6.20. The number of hydrogen-bond acceptors (Lipinski definition) is 4. The number of halogens is 3. The summed E-state index contributed by atoms with van der Waals surface area (Å²) in [6.45, 7) is 4.31. The van der Waals surface area contributed by atoms with Crippen LogP contribution in [0.5, 0.6) is 0 Å². The first-order valence-electron chi connectivity index (χ1n) is 7.38. The first-order valence-corrected chi connectivity index (χ1v) is 8.82. The van der Waals surface area contributed by atoms with Crippen LogP contribution in [0.25, 0.3) is 0 Å². The van der Waals surface area contributed by atoms with Crippen LogP contribution in [0.15, 0.2) is 23.1 Å². The lowest BCUT2D eigenvalue weighted by Crippen LogP contribution is -2.49. The van der Waals surface area contributed by atoms with Gasteiger partial charge in [0.2, 0.25) is 10.0 Å². The lowest BCUT2D eigenvalue weighted by molar-refractivity contribution is 0.179. The summed E-state index contributed by atoms with van der Waals surface area (Å²) in [6.07, 6.45) is 0.738. The summed E-state index contributed by atoms with van der Waals surface area (Å²) in [5.41, 5.74) is 0. The molecule has 130 valence electrons. The van der Waals surface area contributed by atoms with Crippen molar-refractivity contribution >= 4 is 22.4 Å². The molecule has 2 saturated heterocycles. The van der Waals surface area contributed by atoms with Gasteiger partial charge in [-0.15, -0.1) is 12.4 Å². The molecule has 9 heteroatoms. The fourth-order valence-corrected chi connectivity index (χ4v) is 4.64. The zero-order chi connectivity index (χ0) is 15.7. The van der Waals surface area contributed by atoms with Gasteiger partial charge in [0, 0.05) is 51.4 Å². The number of benzene rings is 1. The fraction of sp³-hybridized carbons (Fsp3) is 0.571. The van der Waals surface area contributed by atoms with Gasteiger partial charge < -0.3 is 5.32 Å².